The summed E-state index contributed by atoms with van der Waals surface area (Å²) in [4.78, 5) is 8.26. The third kappa shape index (κ3) is 3.81. The normalized spacial score (nSPS) is 15.3. The Labute approximate surface area is 156 Å². The first-order valence-electron chi connectivity index (χ1n) is 8.63. The summed E-state index contributed by atoms with van der Waals surface area (Å²) in [6.45, 7) is 4.64. The van der Waals surface area contributed by atoms with Crippen LogP contribution in [0.5, 0.6) is 5.75 Å². The Morgan fingerprint density at radius 2 is 1.73 bits per heavy atom. The number of benzene rings is 2. The van der Waals surface area contributed by atoms with E-state index in [0.29, 0.717) is 22.5 Å². The van der Waals surface area contributed by atoms with Gasteiger partial charge in [0.25, 0.3) is 5.89 Å². The van der Waals surface area contributed by atoms with Gasteiger partial charge in [-0.25, -0.2) is 0 Å². The number of piperazine rings is 1. The van der Waals surface area contributed by atoms with Crippen molar-refractivity contribution in [1.82, 2.24) is 10.1 Å². The average Bonchev–Trinajstić information content (AvgIpc) is 3.12. The van der Waals surface area contributed by atoms with E-state index in [4.69, 9.17) is 16.1 Å². The Morgan fingerprint density at radius 3 is 2.42 bits per heavy atom. The lowest BCUT2D eigenvalue weighted by atomic mass is 10.2. The van der Waals surface area contributed by atoms with Crippen molar-refractivity contribution in [3.63, 3.8) is 0 Å². The molecule has 0 atom stereocenters. The summed E-state index contributed by atoms with van der Waals surface area (Å²) in [5, 5.41) is 14.2. The van der Waals surface area contributed by atoms with Crippen molar-refractivity contribution in [1.29, 1.82) is 0 Å². The molecule has 2 aromatic carbocycles. The van der Waals surface area contributed by atoms with E-state index in [2.05, 4.69) is 15.0 Å². The summed E-state index contributed by atoms with van der Waals surface area (Å²) in [6, 6.07) is 14.8. The summed E-state index contributed by atoms with van der Waals surface area (Å²) in [5.41, 5.74) is 2.04. The maximum atomic E-state index is 9.41. The van der Waals surface area contributed by atoms with Gasteiger partial charge in [-0.3, -0.25) is 0 Å². The van der Waals surface area contributed by atoms with Crippen LogP contribution in [0.25, 0.3) is 11.4 Å². The van der Waals surface area contributed by atoms with Gasteiger partial charge in [-0.15, -0.1) is 0 Å². The molecule has 2 N–H and O–H groups in total. The second-order valence-corrected chi connectivity index (χ2v) is 6.89. The summed E-state index contributed by atoms with van der Waals surface area (Å²) < 4.78 is 5.42. The first kappa shape index (κ1) is 16.9. The van der Waals surface area contributed by atoms with Gasteiger partial charge in [0.1, 0.15) is 5.75 Å². The second-order valence-electron chi connectivity index (χ2n) is 6.45. The van der Waals surface area contributed by atoms with Crippen LogP contribution in [0.1, 0.15) is 5.89 Å². The number of hydrogen-bond acceptors (Lipinski definition) is 5. The van der Waals surface area contributed by atoms with Gasteiger partial charge in [-0.1, -0.05) is 16.8 Å². The number of halogens is 1. The van der Waals surface area contributed by atoms with Crippen LogP contribution in [0, 0.1) is 0 Å². The third-order valence-electron chi connectivity index (χ3n) is 4.66. The molecule has 0 radical (unpaired) electrons. The zero-order valence-corrected chi connectivity index (χ0v) is 15.0. The van der Waals surface area contributed by atoms with Gasteiger partial charge in [-0.05, 0) is 48.5 Å². The fourth-order valence-electron chi connectivity index (χ4n) is 3.18. The predicted molar refractivity (Wildman–Crippen MR) is 99.5 cm³/mol. The molecule has 1 aromatic heterocycles. The van der Waals surface area contributed by atoms with E-state index in [0.717, 1.165) is 44.0 Å². The molecule has 0 spiro atoms. The van der Waals surface area contributed by atoms with E-state index in [1.807, 2.05) is 36.4 Å². The van der Waals surface area contributed by atoms with Gasteiger partial charge in [-0.2, -0.15) is 4.98 Å². The molecule has 0 saturated carbocycles. The quantitative estimate of drug-likeness (QED) is 0.734. The van der Waals surface area contributed by atoms with Gasteiger partial charge in [0.15, 0.2) is 6.54 Å². The van der Waals surface area contributed by atoms with Crippen LogP contribution < -0.4 is 9.80 Å². The third-order valence-corrected chi connectivity index (χ3v) is 4.91. The monoisotopic (exact) mass is 371 g/mol. The van der Waals surface area contributed by atoms with Crippen LogP contribution in [0.3, 0.4) is 0 Å². The lowest BCUT2D eigenvalue weighted by Crippen LogP contribution is -3.13. The van der Waals surface area contributed by atoms with Crippen molar-refractivity contribution in [3.05, 3.63) is 59.4 Å². The SMILES string of the molecule is Oc1ccc(N2CC[NH+](Cc3nc(-c4ccc(Cl)cc4)no3)CC2)cc1. The molecule has 1 fully saturated rings. The molecule has 1 saturated heterocycles. The smallest absolute Gasteiger partial charge is 0.282 e. The molecule has 134 valence electrons. The number of aromatic nitrogens is 2. The van der Waals surface area contributed by atoms with Crippen molar-refractivity contribution in [2.75, 3.05) is 31.1 Å². The zero-order chi connectivity index (χ0) is 17.9. The molecule has 4 rings (SSSR count). The molecule has 1 aliphatic heterocycles. The second kappa shape index (κ2) is 7.35. The van der Waals surface area contributed by atoms with Crippen molar-refractivity contribution in [2.45, 2.75) is 6.54 Å². The first-order valence-corrected chi connectivity index (χ1v) is 9.01. The number of quaternary nitrogens is 1. The number of nitrogens with one attached hydrogen (secondary N) is 1. The van der Waals surface area contributed by atoms with Crippen molar-refractivity contribution < 1.29 is 14.5 Å². The number of hydrogen-bond donors (Lipinski definition) is 2. The molecule has 3 aromatic rings. The number of aromatic hydroxyl groups is 1. The van der Waals surface area contributed by atoms with Crippen LogP contribution in [-0.4, -0.2) is 41.4 Å². The number of anilines is 1. The van der Waals surface area contributed by atoms with Crippen molar-refractivity contribution in [2.24, 2.45) is 0 Å². The highest BCUT2D eigenvalue weighted by Crippen LogP contribution is 2.19. The molecule has 6 nitrogen and oxygen atoms in total. The molecule has 0 amide bonds. The lowest BCUT2D eigenvalue weighted by molar-refractivity contribution is -0.915. The van der Waals surface area contributed by atoms with E-state index in [1.165, 1.54) is 4.90 Å². The highest BCUT2D eigenvalue weighted by Gasteiger charge is 2.22. The van der Waals surface area contributed by atoms with E-state index in [-0.39, 0.29) is 0 Å². The molecule has 0 unspecified atom stereocenters. The van der Waals surface area contributed by atoms with Gasteiger partial charge in [0, 0.05) is 16.3 Å². The van der Waals surface area contributed by atoms with E-state index < -0.39 is 0 Å². The van der Waals surface area contributed by atoms with Crippen LogP contribution in [0.4, 0.5) is 5.69 Å². The van der Waals surface area contributed by atoms with Crippen LogP contribution in [-0.2, 0) is 6.54 Å². The zero-order valence-electron chi connectivity index (χ0n) is 14.2. The Hall–Kier alpha value is -2.57. The summed E-state index contributed by atoms with van der Waals surface area (Å²) >= 11 is 5.91. The van der Waals surface area contributed by atoms with Gasteiger partial charge < -0.3 is 19.4 Å². The minimum Gasteiger partial charge on any atom is -0.508 e. The Balaban J connectivity index is 1.34. The van der Waals surface area contributed by atoms with Gasteiger partial charge >= 0.3 is 0 Å². The molecule has 0 bridgehead atoms. The first-order chi connectivity index (χ1) is 12.7. The standard InChI is InChI=1S/C19H19ClN4O2/c20-15-3-1-14(2-4-15)19-21-18(26-22-19)13-23-9-11-24(12-10-23)16-5-7-17(25)8-6-16/h1-8,25H,9-13H2/p+1. The van der Waals surface area contributed by atoms with E-state index in [1.54, 1.807) is 12.1 Å². The minimum atomic E-state index is 0.297. The Morgan fingerprint density at radius 1 is 1.04 bits per heavy atom. The number of phenols is 1. The topological polar surface area (TPSA) is 66.8 Å². The van der Waals surface area contributed by atoms with Gasteiger partial charge in [0.05, 0.1) is 26.2 Å². The maximum Gasteiger partial charge on any atom is 0.282 e. The largest absolute Gasteiger partial charge is 0.508 e. The molecule has 7 heteroatoms. The minimum absolute atomic E-state index is 0.297. The maximum absolute atomic E-state index is 9.41. The lowest BCUT2D eigenvalue weighted by Gasteiger charge is -2.33. The van der Waals surface area contributed by atoms with Crippen LogP contribution in [0.15, 0.2) is 53.1 Å². The summed E-state index contributed by atoms with van der Waals surface area (Å²) in [6.07, 6.45) is 0. The Bertz CT molecular complexity index is 856. The summed E-state index contributed by atoms with van der Waals surface area (Å²) in [5.74, 6) is 1.55. The fourth-order valence-corrected chi connectivity index (χ4v) is 3.30. The molecular weight excluding hydrogens is 352 g/mol. The number of nitrogens with zero attached hydrogens (tertiary/aromatic N) is 3. The molecule has 2 heterocycles. The molecule has 0 aliphatic carbocycles. The highest BCUT2D eigenvalue weighted by molar-refractivity contribution is 6.30. The average molecular weight is 372 g/mol. The van der Waals surface area contributed by atoms with Crippen molar-refractivity contribution in [3.8, 4) is 17.1 Å². The predicted octanol–water partition coefficient (Wildman–Crippen LogP) is 2.00. The van der Waals surface area contributed by atoms with E-state index >= 15 is 0 Å². The van der Waals surface area contributed by atoms with Crippen molar-refractivity contribution >= 4 is 17.3 Å². The van der Waals surface area contributed by atoms with Gasteiger partial charge in [0.2, 0.25) is 5.82 Å². The molecular formula is C19H20ClN4O2+. The number of rotatable bonds is 4. The highest BCUT2D eigenvalue weighted by atomic mass is 35.5. The Kier molecular flexibility index (Phi) is 4.77. The fraction of sp³-hybridized carbons (Fsp3) is 0.263. The van der Waals surface area contributed by atoms with Crippen LogP contribution in [0.2, 0.25) is 5.02 Å². The summed E-state index contributed by atoms with van der Waals surface area (Å²) in [7, 11) is 0. The van der Waals surface area contributed by atoms with E-state index in [9.17, 15) is 5.11 Å². The number of phenolic OH excluding ortho intramolecular Hbond substituents is 1. The van der Waals surface area contributed by atoms with Crippen LogP contribution >= 0.6 is 11.6 Å². The molecule has 26 heavy (non-hydrogen) atoms. The molecule has 1 aliphatic rings.